The molecular weight excluding hydrogens is 901 g/mol. The predicted octanol–water partition coefficient (Wildman–Crippen LogP) is 7.72. The number of thiazole rings is 1. The van der Waals surface area contributed by atoms with Gasteiger partial charge in [0.25, 0.3) is 0 Å². The van der Waals surface area contributed by atoms with Crippen molar-refractivity contribution in [1.29, 1.82) is 0 Å². The smallest absolute Gasteiger partial charge is 0.404 e. The van der Waals surface area contributed by atoms with Crippen molar-refractivity contribution in [1.82, 2.24) is 0 Å². The van der Waals surface area contributed by atoms with Gasteiger partial charge in [0, 0.05) is 5.56 Å². The molecular formula is C36H12BF20NO2S. The minimum absolute atomic E-state index is 0.294. The first-order chi connectivity index (χ1) is 28.5. The summed E-state index contributed by atoms with van der Waals surface area (Å²) < 4.78 is 301. The number of carbonyl (C=O) groups is 1. The van der Waals surface area contributed by atoms with Crippen molar-refractivity contribution < 1.29 is 102 Å². The lowest BCUT2D eigenvalue weighted by Gasteiger charge is -2.44. The van der Waals surface area contributed by atoms with Gasteiger partial charge in [-0.15, -0.1) is 21.9 Å². The summed E-state index contributed by atoms with van der Waals surface area (Å²) in [5, 5.41) is 1.80. The van der Waals surface area contributed by atoms with E-state index in [0.29, 0.717) is 12.2 Å². The van der Waals surface area contributed by atoms with Crippen LogP contribution in [-0.4, -0.2) is 19.2 Å². The van der Waals surface area contributed by atoms with E-state index in [-0.39, 0.29) is 5.97 Å². The molecule has 0 N–H and O–H groups in total. The topological polar surface area (TPSA) is 30.2 Å². The first kappa shape index (κ1) is 45.9. The lowest BCUT2D eigenvalue weighted by molar-refractivity contribution is -0.685. The summed E-state index contributed by atoms with van der Waals surface area (Å²) in [6.07, 6.45) is -7.22. The minimum Gasteiger partial charge on any atom is -0.461 e. The molecule has 6 aromatic rings. The van der Waals surface area contributed by atoms with Crippen LogP contribution in [0, 0.1) is 116 Å². The van der Waals surface area contributed by atoms with Crippen LogP contribution in [-0.2, 0) is 11.3 Å². The molecule has 1 heterocycles. The molecule has 0 unspecified atom stereocenters. The molecule has 0 aliphatic heterocycles. The fourth-order valence-corrected chi connectivity index (χ4v) is 7.10. The fraction of sp³-hybridized carbons (Fsp3) is 0.0556. The molecule has 3 nitrogen and oxygen atoms in total. The Labute approximate surface area is 329 Å². The van der Waals surface area contributed by atoms with Crippen LogP contribution in [0.3, 0.4) is 0 Å². The molecule has 25 heteroatoms. The highest BCUT2D eigenvalue weighted by molar-refractivity contribution is 7.20. The second-order valence-corrected chi connectivity index (χ2v) is 12.9. The Morgan fingerprint density at radius 3 is 0.984 bits per heavy atom. The Hall–Kier alpha value is -6.14. The number of halogens is 20. The minimum atomic E-state index is -7.22. The Balaban J connectivity index is 0.000000366. The van der Waals surface area contributed by atoms with Crippen molar-refractivity contribution in [3.8, 4) is 0 Å². The van der Waals surface area contributed by atoms with E-state index in [1.165, 1.54) is 18.4 Å². The highest BCUT2D eigenvalue weighted by atomic mass is 32.1. The molecule has 1 aromatic heterocycles. The zero-order chi connectivity index (χ0) is 45.7. The number of benzene rings is 5. The van der Waals surface area contributed by atoms with E-state index in [1.54, 1.807) is 5.38 Å². The summed E-state index contributed by atoms with van der Waals surface area (Å²) in [5.74, 6) is -71.7. The van der Waals surface area contributed by atoms with E-state index >= 15 is 35.1 Å². The number of ether oxygens (including phenoxy) is 1. The summed E-state index contributed by atoms with van der Waals surface area (Å²) in [4.78, 5) is 11.4. The van der Waals surface area contributed by atoms with Crippen LogP contribution in [0.5, 0.6) is 0 Å². The predicted molar refractivity (Wildman–Crippen MR) is 171 cm³/mol. The highest BCUT2D eigenvalue weighted by Crippen LogP contribution is 2.30. The highest BCUT2D eigenvalue weighted by Gasteiger charge is 2.52. The second kappa shape index (κ2) is 17.1. The normalized spacial score (nSPS) is 11.5. The van der Waals surface area contributed by atoms with Gasteiger partial charge in [0.1, 0.15) is 52.7 Å². The van der Waals surface area contributed by atoms with Crippen LogP contribution >= 0.6 is 11.3 Å². The lowest BCUT2D eigenvalue weighted by atomic mass is 9.12. The molecule has 0 bridgehead atoms. The quantitative estimate of drug-likeness (QED) is 0.0411. The Bertz CT molecular complexity index is 2370. The zero-order valence-electron chi connectivity index (χ0n) is 29.1. The van der Waals surface area contributed by atoms with E-state index < -0.39 is 144 Å². The van der Waals surface area contributed by atoms with E-state index in [4.69, 9.17) is 4.74 Å². The van der Waals surface area contributed by atoms with E-state index in [0.717, 1.165) is 5.56 Å². The molecule has 0 amide bonds. The number of carbonyl (C=O) groups excluding carboxylic acids is 1. The van der Waals surface area contributed by atoms with Gasteiger partial charge in [0.2, 0.25) is 5.51 Å². The average molecular weight is 913 g/mol. The van der Waals surface area contributed by atoms with Crippen LogP contribution < -0.4 is 26.4 Å². The van der Waals surface area contributed by atoms with Gasteiger partial charge in [0.15, 0.2) is 76.4 Å². The number of methoxy groups -OCH3 is 1. The van der Waals surface area contributed by atoms with E-state index in [1.807, 2.05) is 40.4 Å². The maximum Gasteiger partial charge on any atom is 0.404 e. The van der Waals surface area contributed by atoms with Gasteiger partial charge in [-0.3, -0.25) is 0 Å². The van der Waals surface area contributed by atoms with E-state index in [2.05, 4.69) is 0 Å². The average Bonchev–Trinajstić information content (AvgIpc) is 3.71. The number of hydrogen-bond donors (Lipinski definition) is 0. The molecule has 0 atom stereocenters. The molecule has 0 radical (unpaired) electrons. The van der Waals surface area contributed by atoms with Gasteiger partial charge in [-0.25, -0.2) is 92.6 Å². The van der Waals surface area contributed by atoms with Crippen molar-refractivity contribution >= 4 is 45.3 Å². The van der Waals surface area contributed by atoms with Gasteiger partial charge in [-0.1, -0.05) is 41.7 Å². The third kappa shape index (κ3) is 7.20. The van der Waals surface area contributed by atoms with Crippen LogP contribution in [0.1, 0.15) is 16.1 Å². The fourth-order valence-electron chi connectivity index (χ4n) is 6.34. The molecule has 61 heavy (non-hydrogen) atoms. The summed E-state index contributed by atoms with van der Waals surface area (Å²) in [7, 11) is 1.40. The van der Waals surface area contributed by atoms with Crippen molar-refractivity contribution in [2.24, 2.45) is 0 Å². The third-order valence-electron chi connectivity index (χ3n) is 8.97. The molecule has 0 saturated heterocycles. The first-order valence-corrected chi connectivity index (χ1v) is 16.8. The molecule has 5 aromatic carbocycles. The van der Waals surface area contributed by atoms with Crippen molar-refractivity contribution in [2.45, 2.75) is 6.54 Å². The summed E-state index contributed by atoms with van der Waals surface area (Å²) in [6, 6.07) is 10.0. The number of rotatable bonds is 7. The largest absolute Gasteiger partial charge is 0.461 e. The SMILES string of the molecule is COC(=O)c1csc[n+]1Cc1ccccc1.Fc1c(F)c(F)c([B-](c2c(F)c(F)c(F)c(F)c2F)(c2c(F)c(F)c(F)c(F)c2F)c2c(F)c(F)c(F)c(F)c2F)c(F)c1F. The third-order valence-corrected chi connectivity index (χ3v) is 9.71. The molecule has 0 fully saturated rings. The van der Waals surface area contributed by atoms with E-state index in [9.17, 15) is 57.5 Å². The van der Waals surface area contributed by atoms with Crippen LogP contribution in [0.15, 0.2) is 41.2 Å². The number of esters is 1. The molecule has 0 spiro atoms. The maximum absolute atomic E-state index is 15.4. The monoisotopic (exact) mass is 913 g/mol. The Morgan fingerprint density at radius 1 is 0.459 bits per heavy atom. The molecule has 0 aliphatic carbocycles. The molecule has 0 saturated carbocycles. The van der Waals surface area contributed by atoms with Crippen molar-refractivity contribution in [2.75, 3.05) is 7.11 Å². The van der Waals surface area contributed by atoms with Gasteiger partial charge in [-0.2, -0.15) is 4.57 Å². The summed E-state index contributed by atoms with van der Waals surface area (Å²) in [5.41, 5.74) is -10.7. The number of nitrogens with zero attached hydrogens (tertiary/aromatic N) is 1. The van der Waals surface area contributed by atoms with Gasteiger partial charge in [0.05, 0.1) is 12.5 Å². The Morgan fingerprint density at radius 2 is 0.721 bits per heavy atom. The van der Waals surface area contributed by atoms with Gasteiger partial charge in [-0.05, 0) is 0 Å². The standard InChI is InChI=1S/C24BF20.C12H12NO2S/c26-5-1(6(27)14(35)21(42)13(5)34)25(2-7(28)15(36)22(43)16(37)8(2)29,3-9(30)17(38)23(44)18(39)10(3)31)4-11(32)19(40)24(45)20(41)12(4)33;1-15-12(14)11-8-16-9-13(11)7-10-5-3-2-4-6-10/h;2-6,8-9H,7H2,1H3/q-1;+1. The first-order valence-electron chi connectivity index (χ1n) is 15.8. The molecule has 322 valence electrons. The molecule has 0 aliphatic rings. The van der Waals surface area contributed by atoms with Crippen molar-refractivity contribution in [3.05, 3.63) is 169 Å². The summed E-state index contributed by atoms with van der Waals surface area (Å²) >= 11 is 1.49. The van der Waals surface area contributed by atoms with Gasteiger partial charge < -0.3 is 4.74 Å². The number of aromatic nitrogens is 1. The molecule has 6 rings (SSSR count). The van der Waals surface area contributed by atoms with Crippen molar-refractivity contribution in [3.63, 3.8) is 0 Å². The maximum atomic E-state index is 15.4. The lowest BCUT2D eigenvalue weighted by Crippen LogP contribution is -2.81. The van der Waals surface area contributed by atoms with Crippen LogP contribution in [0.25, 0.3) is 0 Å². The zero-order valence-corrected chi connectivity index (χ0v) is 29.9. The van der Waals surface area contributed by atoms with Crippen LogP contribution in [0.2, 0.25) is 0 Å². The summed E-state index contributed by atoms with van der Waals surface area (Å²) in [6.45, 7) is 0.689. The van der Waals surface area contributed by atoms with Crippen LogP contribution in [0.4, 0.5) is 87.8 Å². The number of hydrogen-bond acceptors (Lipinski definition) is 3. The van der Waals surface area contributed by atoms with Gasteiger partial charge >= 0.3 is 11.7 Å². The second-order valence-electron chi connectivity index (χ2n) is 12.2. The Kier molecular flexibility index (Phi) is 12.9.